The topological polar surface area (TPSA) is 67.2 Å². The lowest BCUT2D eigenvalue weighted by Crippen LogP contribution is -2.44. The van der Waals surface area contributed by atoms with Crippen LogP contribution in [-0.2, 0) is 16.1 Å². The van der Waals surface area contributed by atoms with Gasteiger partial charge in [0.15, 0.2) is 0 Å². The summed E-state index contributed by atoms with van der Waals surface area (Å²) in [5, 5.41) is 6.97. The number of allylic oxidation sites excluding steroid dienone is 1. The Morgan fingerprint density at radius 1 is 1.50 bits per heavy atom. The molecular weight excluding hydrogens is 300 g/mol. The molecule has 1 atom stereocenters. The first-order valence-corrected chi connectivity index (χ1v) is 8.61. The summed E-state index contributed by atoms with van der Waals surface area (Å²) >= 11 is 1.60. The van der Waals surface area contributed by atoms with Crippen LogP contribution in [0.15, 0.2) is 24.0 Å². The number of carbonyl (C=O) groups excluding carboxylic acids is 2. The Balaban J connectivity index is 2.04. The molecule has 0 radical (unpaired) electrons. The molecule has 0 bridgehead atoms. The molecule has 1 saturated heterocycles. The molecule has 1 aromatic heterocycles. The molecule has 120 valence electrons. The predicted octanol–water partition coefficient (Wildman–Crippen LogP) is 2.10. The fourth-order valence-electron chi connectivity index (χ4n) is 2.31. The average Bonchev–Trinajstić information content (AvgIpc) is 3.15. The second-order valence-electron chi connectivity index (χ2n) is 5.16. The zero-order chi connectivity index (χ0) is 16.1. The van der Waals surface area contributed by atoms with Crippen molar-refractivity contribution in [3.63, 3.8) is 0 Å². The van der Waals surface area contributed by atoms with Crippen LogP contribution in [0.2, 0.25) is 0 Å². The molecule has 1 unspecified atom stereocenters. The first-order chi connectivity index (χ1) is 10.6. The van der Waals surface area contributed by atoms with Gasteiger partial charge < -0.3 is 10.2 Å². The summed E-state index contributed by atoms with van der Waals surface area (Å²) in [6, 6.07) is -0.428. The largest absolute Gasteiger partial charge is 0.322 e. The van der Waals surface area contributed by atoms with E-state index < -0.39 is 6.04 Å². The average molecular weight is 322 g/mol. The lowest BCUT2D eigenvalue weighted by Gasteiger charge is -2.23. The third-order valence-electron chi connectivity index (χ3n) is 3.52. The van der Waals surface area contributed by atoms with E-state index in [4.69, 9.17) is 0 Å². The van der Waals surface area contributed by atoms with Crippen molar-refractivity contribution in [1.82, 2.24) is 14.7 Å². The molecule has 6 nitrogen and oxygen atoms in total. The zero-order valence-electron chi connectivity index (χ0n) is 13.2. The molecule has 0 aromatic carbocycles. The summed E-state index contributed by atoms with van der Waals surface area (Å²) < 4.78 is 1.75. The van der Waals surface area contributed by atoms with Crippen LogP contribution in [-0.4, -0.2) is 44.2 Å². The van der Waals surface area contributed by atoms with Gasteiger partial charge >= 0.3 is 0 Å². The highest BCUT2D eigenvalue weighted by molar-refractivity contribution is 7.99. The maximum absolute atomic E-state index is 12.4. The minimum Gasteiger partial charge on any atom is -0.322 e. The fourth-order valence-corrected chi connectivity index (χ4v) is 3.46. The summed E-state index contributed by atoms with van der Waals surface area (Å²) in [6.45, 7) is 6.52. The Bertz CT molecular complexity index is 582. The Morgan fingerprint density at radius 2 is 2.27 bits per heavy atom. The number of rotatable bonds is 5. The number of thioether (sulfide) groups is 1. The maximum atomic E-state index is 12.4. The Kier molecular flexibility index (Phi) is 5.65. The zero-order valence-corrected chi connectivity index (χ0v) is 14.0. The van der Waals surface area contributed by atoms with Gasteiger partial charge in [0.2, 0.25) is 5.91 Å². The van der Waals surface area contributed by atoms with Crippen molar-refractivity contribution >= 4 is 29.3 Å². The van der Waals surface area contributed by atoms with Gasteiger partial charge in [-0.05, 0) is 20.3 Å². The van der Waals surface area contributed by atoms with Crippen molar-refractivity contribution in [2.24, 2.45) is 0 Å². The first-order valence-electron chi connectivity index (χ1n) is 7.45. The number of amides is 2. The van der Waals surface area contributed by atoms with Gasteiger partial charge in [-0.3, -0.25) is 14.3 Å². The molecule has 2 heterocycles. The van der Waals surface area contributed by atoms with E-state index >= 15 is 0 Å². The number of anilines is 1. The van der Waals surface area contributed by atoms with Crippen molar-refractivity contribution < 1.29 is 9.59 Å². The van der Waals surface area contributed by atoms with Gasteiger partial charge in [-0.2, -0.15) is 5.10 Å². The quantitative estimate of drug-likeness (QED) is 0.843. The molecule has 22 heavy (non-hydrogen) atoms. The summed E-state index contributed by atoms with van der Waals surface area (Å²) in [4.78, 5) is 26.5. The Morgan fingerprint density at radius 3 is 2.91 bits per heavy atom. The monoisotopic (exact) mass is 322 g/mol. The van der Waals surface area contributed by atoms with Crippen LogP contribution in [0.1, 0.15) is 27.2 Å². The fraction of sp³-hybridized carbons (Fsp3) is 0.533. The first kappa shape index (κ1) is 16.6. The lowest BCUT2D eigenvalue weighted by atomic mass is 10.2. The molecule has 2 rings (SSSR count). The number of carbonyl (C=O) groups is 2. The molecule has 2 amide bonds. The molecule has 1 N–H and O–H groups in total. The van der Waals surface area contributed by atoms with Crippen molar-refractivity contribution in [3.05, 3.63) is 24.0 Å². The number of aryl methyl sites for hydroxylation is 1. The molecule has 1 aliphatic rings. The molecule has 1 aliphatic heterocycles. The molecule has 1 fully saturated rings. The van der Waals surface area contributed by atoms with Crippen molar-refractivity contribution in [2.45, 2.75) is 39.8 Å². The van der Waals surface area contributed by atoms with Crippen LogP contribution in [0.25, 0.3) is 0 Å². The molecule has 0 saturated carbocycles. The van der Waals surface area contributed by atoms with Crippen molar-refractivity contribution in [2.75, 3.05) is 16.9 Å². The number of nitrogens with zero attached hydrogens (tertiary/aromatic N) is 3. The lowest BCUT2D eigenvalue weighted by molar-refractivity contribution is -0.133. The van der Waals surface area contributed by atoms with Crippen LogP contribution in [0.4, 0.5) is 5.69 Å². The minimum atomic E-state index is -0.428. The van der Waals surface area contributed by atoms with Gasteiger partial charge in [0.25, 0.3) is 5.91 Å². The van der Waals surface area contributed by atoms with E-state index in [2.05, 4.69) is 10.4 Å². The van der Waals surface area contributed by atoms with Crippen LogP contribution < -0.4 is 5.32 Å². The highest BCUT2D eigenvalue weighted by Gasteiger charge is 2.35. The number of aromatic nitrogens is 2. The standard InChI is InChI=1S/C15H22N4O2S/c1-4-6-11(3)15(21)19-10-22-9-13(19)14(20)17-12-7-16-18(5-2)8-12/h6-8,13H,4-5,9-10H2,1-3H3,(H,17,20). The SMILES string of the molecule is CCC=C(C)C(=O)N1CSCC1C(=O)Nc1cnn(CC)c1. The van der Waals surface area contributed by atoms with Crippen molar-refractivity contribution in [1.29, 1.82) is 0 Å². The molecule has 0 spiro atoms. The van der Waals surface area contributed by atoms with E-state index in [9.17, 15) is 9.59 Å². The predicted molar refractivity (Wildman–Crippen MR) is 88.5 cm³/mol. The summed E-state index contributed by atoms with van der Waals surface area (Å²) in [5.74, 6) is 0.966. The second-order valence-corrected chi connectivity index (χ2v) is 6.16. The summed E-state index contributed by atoms with van der Waals surface area (Å²) in [5.41, 5.74) is 1.36. The third kappa shape index (κ3) is 3.71. The van der Waals surface area contributed by atoms with Crippen LogP contribution in [0, 0.1) is 0 Å². The van der Waals surface area contributed by atoms with E-state index in [0.717, 1.165) is 13.0 Å². The van der Waals surface area contributed by atoms with Gasteiger partial charge in [-0.1, -0.05) is 13.0 Å². The summed E-state index contributed by atoms with van der Waals surface area (Å²) in [6.07, 6.45) is 6.11. The van der Waals surface area contributed by atoms with E-state index in [1.807, 2.05) is 19.9 Å². The minimum absolute atomic E-state index is 0.0590. The van der Waals surface area contributed by atoms with Crippen molar-refractivity contribution in [3.8, 4) is 0 Å². The number of hydrogen-bond donors (Lipinski definition) is 1. The van der Waals surface area contributed by atoms with Crippen LogP contribution in [0.3, 0.4) is 0 Å². The number of hydrogen-bond acceptors (Lipinski definition) is 4. The molecule has 0 aliphatic carbocycles. The van der Waals surface area contributed by atoms with Gasteiger partial charge in [-0.25, -0.2) is 0 Å². The molecule has 1 aromatic rings. The highest BCUT2D eigenvalue weighted by atomic mass is 32.2. The third-order valence-corrected chi connectivity index (χ3v) is 4.53. The highest BCUT2D eigenvalue weighted by Crippen LogP contribution is 2.24. The maximum Gasteiger partial charge on any atom is 0.250 e. The normalized spacial score (nSPS) is 18.6. The van der Waals surface area contributed by atoms with Gasteiger partial charge in [0.1, 0.15) is 6.04 Å². The van der Waals surface area contributed by atoms with Gasteiger partial charge in [0, 0.05) is 24.1 Å². The van der Waals surface area contributed by atoms with E-state index in [1.54, 1.807) is 40.7 Å². The molecular formula is C15H22N4O2S. The molecule has 7 heteroatoms. The Labute approximate surface area is 134 Å². The Hall–Kier alpha value is -1.76. The second kappa shape index (κ2) is 7.49. The van der Waals surface area contributed by atoms with E-state index in [-0.39, 0.29) is 11.8 Å². The van der Waals surface area contributed by atoms with Crippen LogP contribution in [0.5, 0.6) is 0 Å². The van der Waals surface area contributed by atoms with Crippen LogP contribution >= 0.6 is 11.8 Å². The van der Waals surface area contributed by atoms with E-state index in [0.29, 0.717) is 22.9 Å². The van der Waals surface area contributed by atoms with Gasteiger partial charge in [0.05, 0.1) is 17.8 Å². The summed E-state index contributed by atoms with van der Waals surface area (Å²) in [7, 11) is 0. The smallest absolute Gasteiger partial charge is 0.250 e. The van der Waals surface area contributed by atoms with Gasteiger partial charge in [-0.15, -0.1) is 11.8 Å². The number of nitrogens with one attached hydrogen (secondary N) is 1. The van der Waals surface area contributed by atoms with E-state index in [1.165, 1.54) is 0 Å².